The number of rotatable bonds is 8. The van der Waals surface area contributed by atoms with E-state index in [0.717, 1.165) is 24.3 Å². The molecule has 0 atom stereocenters. The van der Waals surface area contributed by atoms with Crippen molar-refractivity contribution in [1.82, 2.24) is 20.2 Å². The van der Waals surface area contributed by atoms with Crippen molar-refractivity contribution in [3.8, 4) is 5.69 Å². The van der Waals surface area contributed by atoms with Gasteiger partial charge in [-0.3, -0.25) is 9.18 Å². The number of carbonyl (C=O) groups excluding carboxylic acids is 1. The lowest BCUT2D eigenvalue weighted by atomic mass is 10.3. The number of benzene rings is 1. The third-order valence-electron chi connectivity index (χ3n) is 2.86. The minimum atomic E-state index is -0.266. The lowest BCUT2D eigenvalue weighted by Crippen LogP contribution is -2.07. The number of anilines is 1. The van der Waals surface area contributed by atoms with Crippen LogP contribution in [0.3, 0.4) is 0 Å². The van der Waals surface area contributed by atoms with Crippen LogP contribution in [0.5, 0.6) is 0 Å². The van der Waals surface area contributed by atoms with E-state index in [4.69, 9.17) is 0 Å². The number of thioether (sulfide) groups is 1. The fourth-order valence-electron chi connectivity index (χ4n) is 1.89. The smallest absolute Gasteiger partial charge is 0.221 e. The number of nitrogens with zero attached hydrogens (tertiary/aromatic N) is 4. The quantitative estimate of drug-likeness (QED) is 0.597. The molecule has 2 rings (SSSR count). The first-order chi connectivity index (χ1) is 10.7. The fourth-order valence-corrected chi connectivity index (χ4v) is 2.78. The molecular weight excluding hydrogens is 305 g/mol. The summed E-state index contributed by atoms with van der Waals surface area (Å²) in [5, 5.41) is 15.1. The van der Waals surface area contributed by atoms with Crippen molar-refractivity contribution in [2.45, 2.75) is 31.3 Å². The molecule has 6 nitrogen and oxygen atoms in total. The lowest BCUT2D eigenvalue weighted by Gasteiger charge is -2.07. The monoisotopic (exact) mass is 323 g/mol. The molecule has 1 N–H and O–H groups in total. The first-order valence-electron chi connectivity index (χ1n) is 7.06. The predicted octanol–water partition coefficient (Wildman–Crippen LogP) is 2.85. The van der Waals surface area contributed by atoms with Gasteiger partial charge in [-0.05, 0) is 41.5 Å². The van der Waals surface area contributed by atoms with Crippen molar-refractivity contribution >= 4 is 23.4 Å². The molecule has 0 radical (unpaired) electrons. The van der Waals surface area contributed by atoms with E-state index in [1.165, 1.54) is 18.7 Å². The number of hydrogen-bond acceptors (Lipinski definition) is 5. The minimum Gasteiger partial charge on any atom is -0.326 e. The summed E-state index contributed by atoms with van der Waals surface area (Å²) in [4.78, 5) is 11.1. The topological polar surface area (TPSA) is 72.7 Å². The maximum Gasteiger partial charge on any atom is 0.221 e. The van der Waals surface area contributed by atoms with Gasteiger partial charge in [-0.25, -0.2) is 0 Å². The zero-order chi connectivity index (χ0) is 15.8. The molecule has 0 aliphatic rings. The van der Waals surface area contributed by atoms with Crippen LogP contribution in [-0.2, 0) is 4.79 Å². The molecule has 0 unspecified atom stereocenters. The van der Waals surface area contributed by atoms with Crippen LogP contribution in [0.1, 0.15) is 26.2 Å². The van der Waals surface area contributed by atoms with Gasteiger partial charge in [0, 0.05) is 18.4 Å². The number of tetrazole rings is 1. The standard InChI is InChI=1S/C14H18FN5OS/c1-11(21)16-12-6-5-7-13(10-12)20-14(17-18-19-20)22-9-4-2-3-8-15/h5-7,10H,2-4,8-9H2,1H3,(H,16,21). The summed E-state index contributed by atoms with van der Waals surface area (Å²) < 4.78 is 13.7. The number of alkyl halides is 1. The molecule has 0 bridgehead atoms. The van der Waals surface area contributed by atoms with Gasteiger partial charge in [-0.15, -0.1) is 5.10 Å². The summed E-state index contributed by atoms with van der Waals surface area (Å²) in [6.07, 6.45) is 2.39. The number of aromatic nitrogens is 4. The summed E-state index contributed by atoms with van der Waals surface area (Å²) >= 11 is 1.54. The summed E-state index contributed by atoms with van der Waals surface area (Å²) in [6, 6.07) is 7.32. The molecule has 1 heterocycles. The van der Waals surface area contributed by atoms with Crippen LogP contribution in [-0.4, -0.2) is 38.5 Å². The number of unbranched alkanes of at least 4 members (excludes halogenated alkanes) is 2. The average molecular weight is 323 g/mol. The van der Waals surface area contributed by atoms with Gasteiger partial charge in [0.2, 0.25) is 11.1 Å². The molecule has 1 aromatic carbocycles. The van der Waals surface area contributed by atoms with Crippen LogP contribution in [0.4, 0.5) is 10.1 Å². The molecule has 0 saturated carbocycles. The van der Waals surface area contributed by atoms with Crippen LogP contribution in [0, 0.1) is 0 Å². The lowest BCUT2D eigenvalue weighted by molar-refractivity contribution is -0.114. The first-order valence-corrected chi connectivity index (χ1v) is 8.04. The minimum absolute atomic E-state index is 0.128. The van der Waals surface area contributed by atoms with E-state index in [0.29, 0.717) is 17.3 Å². The van der Waals surface area contributed by atoms with Crippen molar-refractivity contribution in [2.75, 3.05) is 17.7 Å². The number of halogens is 1. The van der Waals surface area contributed by atoms with Gasteiger partial charge in [-0.2, -0.15) is 4.68 Å². The van der Waals surface area contributed by atoms with Gasteiger partial charge in [0.05, 0.1) is 12.4 Å². The highest BCUT2D eigenvalue weighted by atomic mass is 32.2. The summed E-state index contributed by atoms with van der Waals surface area (Å²) in [5.41, 5.74) is 1.47. The molecule has 0 spiro atoms. The highest BCUT2D eigenvalue weighted by Gasteiger charge is 2.09. The van der Waals surface area contributed by atoms with E-state index in [2.05, 4.69) is 20.8 Å². The number of carbonyl (C=O) groups is 1. The molecule has 0 aliphatic carbocycles. The van der Waals surface area contributed by atoms with Gasteiger partial charge in [0.1, 0.15) is 0 Å². The van der Waals surface area contributed by atoms with Crippen molar-refractivity contribution in [2.24, 2.45) is 0 Å². The van der Waals surface area contributed by atoms with Gasteiger partial charge >= 0.3 is 0 Å². The van der Waals surface area contributed by atoms with Crippen LogP contribution in [0.15, 0.2) is 29.4 Å². The predicted molar refractivity (Wildman–Crippen MR) is 84.0 cm³/mol. The maximum atomic E-state index is 12.0. The van der Waals surface area contributed by atoms with Crippen molar-refractivity contribution in [3.63, 3.8) is 0 Å². The van der Waals surface area contributed by atoms with E-state index < -0.39 is 0 Å². The summed E-state index contributed by atoms with van der Waals surface area (Å²) in [6.45, 7) is 1.20. The molecule has 118 valence electrons. The van der Waals surface area contributed by atoms with Crippen LogP contribution in [0.2, 0.25) is 0 Å². The van der Waals surface area contributed by atoms with Gasteiger partial charge in [-0.1, -0.05) is 24.2 Å². The SMILES string of the molecule is CC(=O)Nc1cccc(-n2nnnc2SCCCCCF)c1. The normalized spacial score (nSPS) is 10.6. The Hall–Kier alpha value is -1.96. The Labute approximate surface area is 132 Å². The van der Waals surface area contributed by atoms with Gasteiger partial charge in [0.15, 0.2) is 0 Å². The van der Waals surface area contributed by atoms with Gasteiger partial charge < -0.3 is 5.32 Å². The number of amides is 1. The number of nitrogens with one attached hydrogen (secondary N) is 1. The zero-order valence-corrected chi connectivity index (χ0v) is 13.1. The van der Waals surface area contributed by atoms with E-state index in [-0.39, 0.29) is 12.6 Å². The molecule has 1 amide bonds. The molecule has 22 heavy (non-hydrogen) atoms. The van der Waals surface area contributed by atoms with Gasteiger partial charge in [0.25, 0.3) is 0 Å². The Morgan fingerprint density at radius 2 is 2.23 bits per heavy atom. The van der Waals surface area contributed by atoms with Crippen LogP contribution < -0.4 is 5.32 Å². The van der Waals surface area contributed by atoms with E-state index in [1.807, 2.05) is 18.2 Å². The fraction of sp³-hybridized carbons (Fsp3) is 0.429. The molecule has 0 aliphatic heterocycles. The Balaban J connectivity index is 2.03. The maximum absolute atomic E-state index is 12.0. The Bertz CT molecular complexity index is 619. The second-order valence-corrected chi connectivity index (χ2v) is 5.76. The largest absolute Gasteiger partial charge is 0.326 e. The molecule has 1 aromatic heterocycles. The Morgan fingerprint density at radius 1 is 1.36 bits per heavy atom. The average Bonchev–Trinajstić information content (AvgIpc) is 2.95. The molecule has 0 saturated heterocycles. The number of hydrogen-bond donors (Lipinski definition) is 1. The molecule has 2 aromatic rings. The summed E-state index contributed by atoms with van der Waals surface area (Å²) in [7, 11) is 0. The molecular formula is C14H18FN5OS. The van der Waals surface area contributed by atoms with E-state index in [1.54, 1.807) is 10.7 Å². The second kappa shape index (κ2) is 8.47. The molecule has 0 fully saturated rings. The highest BCUT2D eigenvalue weighted by molar-refractivity contribution is 7.99. The second-order valence-electron chi connectivity index (χ2n) is 4.70. The van der Waals surface area contributed by atoms with Crippen molar-refractivity contribution < 1.29 is 9.18 Å². The highest BCUT2D eigenvalue weighted by Crippen LogP contribution is 2.21. The van der Waals surface area contributed by atoms with Crippen LogP contribution >= 0.6 is 11.8 Å². The third-order valence-corrected chi connectivity index (χ3v) is 3.87. The third kappa shape index (κ3) is 4.80. The molecule has 8 heteroatoms. The summed E-state index contributed by atoms with van der Waals surface area (Å²) in [5.74, 6) is 0.711. The van der Waals surface area contributed by atoms with E-state index >= 15 is 0 Å². The van der Waals surface area contributed by atoms with Crippen LogP contribution in [0.25, 0.3) is 5.69 Å². The Kier molecular flexibility index (Phi) is 6.32. The Morgan fingerprint density at radius 3 is 3.00 bits per heavy atom. The zero-order valence-electron chi connectivity index (χ0n) is 12.3. The first kappa shape index (κ1) is 16.4. The van der Waals surface area contributed by atoms with Crippen molar-refractivity contribution in [1.29, 1.82) is 0 Å². The van der Waals surface area contributed by atoms with Crippen molar-refractivity contribution in [3.05, 3.63) is 24.3 Å². The van der Waals surface area contributed by atoms with E-state index in [9.17, 15) is 9.18 Å².